The molecular weight excluding hydrogens is 639 g/mol. The Balaban J connectivity index is 1.52. The minimum atomic E-state index is -1.26. The standard InChI is InChI=1S/C42H62N4O3P/c1-10-43-32-49-50(46(33(2)3)34(4)5)48-31-21-29-45-38-25-18-16-23-36(38)42(8,9)40(45)27-14-11-13-26-39-41(6,7)35-22-15-17-24-37(35)44(39)28-19-12-20-30-47/h11,13-18,22-27,32-34,47H,10,12,19-21,28-31H2,1-9H3/q+1/i47T. The van der Waals surface area contributed by atoms with Crippen molar-refractivity contribution in [3.8, 4) is 0 Å². The number of hydrogen-bond acceptors (Lipinski definition) is 6. The van der Waals surface area contributed by atoms with Gasteiger partial charge in [-0.25, -0.2) is 4.67 Å². The minimum Gasteiger partial charge on any atom is -0.425 e. The molecule has 2 aliphatic heterocycles. The highest BCUT2D eigenvalue weighted by Gasteiger charge is 2.44. The second kappa shape index (κ2) is 18.4. The fraction of sp³-hybridized carbons (Fsp3) is 0.524. The zero-order valence-corrected chi connectivity index (χ0v) is 33.0. The molecule has 0 saturated carbocycles. The van der Waals surface area contributed by atoms with Crippen molar-refractivity contribution in [1.29, 1.82) is 1.43 Å². The highest BCUT2D eigenvalue weighted by atomic mass is 31.2. The predicted octanol–water partition coefficient (Wildman–Crippen LogP) is 9.84. The van der Waals surface area contributed by atoms with Gasteiger partial charge in [0.15, 0.2) is 18.7 Å². The van der Waals surface area contributed by atoms with Gasteiger partial charge in [-0.1, -0.05) is 68.5 Å². The number of rotatable bonds is 20. The highest BCUT2D eigenvalue weighted by molar-refractivity contribution is 7.45. The second-order valence-corrected chi connectivity index (χ2v) is 16.1. The van der Waals surface area contributed by atoms with Crippen molar-refractivity contribution in [2.75, 3.05) is 37.7 Å². The van der Waals surface area contributed by atoms with Gasteiger partial charge in [-0.2, -0.15) is 4.58 Å². The van der Waals surface area contributed by atoms with Gasteiger partial charge in [-0.3, -0.25) is 4.99 Å². The van der Waals surface area contributed by atoms with Gasteiger partial charge in [-0.05, 0) is 85.4 Å². The summed E-state index contributed by atoms with van der Waals surface area (Å²) in [5.74, 6) is 0. The number of aliphatic hydroxyl groups is 1. The van der Waals surface area contributed by atoms with E-state index in [1.807, 2.05) is 6.92 Å². The largest absolute Gasteiger partial charge is 0.425 e. The van der Waals surface area contributed by atoms with E-state index in [-0.39, 0.29) is 10.8 Å². The lowest BCUT2D eigenvalue weighted by Crippen LogP contribution is -2.33. The Morgan fingerprint density at radius 1 is 0.920 bits per heavy atom. The van der Waals surface area contributed by atoms with E-state index < -0.39 is 8.53 Å². The highest BCUT2D eigenvalue weighted by Crippen LogP contribution is 2.48. The summed E-state index contributed by atoms with van der Waals surface area (Å²) in [6.07, 6.45) is 16.5. The van der Waals surface area contributed by atoms with E-state index in [0.717, 1.165) is 38.8 Å². The molecule has 8 heteroatoms. The number of benzene rings is 2. The summed E-state index contributed by atoms with van der Waals surface area (Å²) >= 11 is 0. The molecule has 0 saturated heterocycles. The van der Waals surface area contributed by atoms with Gasteiger partial charge in [0.2, 0.25) is 7.12 Å². The van der Waals surface area contributed by atoms with E-state index in [2.05, 4.69) is 159 Å². The third kappa shape index (κ3) is 9.22. The second-order valence-electron chi connectivity index (χ2n) is 14.7. The fourth-order valence-electron chi connectivity index (χ4n) is 7.31. The molecule has 0 radical (unpaired) electrons. The molecule has 0 amide bonds. The van der Waals surface area contributed by atoms with Crippen LogP contribution in [0.4, 0.5) is 11.4 Å². The van der Waals surface area contributed by atoms with Crippen LogP contribution in [-0.2, 0) is 19.9 Å². The molecule has 0 aromatic heterocycles. The Kier molecular flexibility index (Phi) is 14.1. The number of aliphatic hydroxyl groups excluding tert-OH is 1. The average Bonchev–Trinajstić information content (AvgIpc) is 3.44. The maximum Gasteiger partial charge on any atom is 0.322 e. The molecule has 1 atom stereocenters. The van der Waals surface area contributed by atoms with Crippen LogP contribution >= 0.6 is 8.53 Å². The third-order valence-electron chi connectivity index (χ3n) is 9.72. The third-order valence-corrected chi connectivity index (χ3v) is 11.7. The number of unbranched alkanes of at least 4 members (excludes halogenated alkanes) is 2. The summed E-state index contributed by atoms with van der Waals surface area (Å²) in [6.45, 7) is 23.6. The first-order chi connectivity index (χ1) is 24.5. The molecule has 2 aromatic carbocycles. The van der Waals surface area contributed by atoms with E-state index in [9.17, 15) is 0 Å². The van der Waals surface area contributed by atoms with Crippen LogP contribution < -0.4 is 4.90 Å². The molecule has 1 N–H and O–H groups in total. The molecule has 0 aliphatic carbocycles. The molecule has 2 aromatic rings. The van der Waals surface area contributed by atoms with Crippen molar-refractivity contribution >= 4 is 32.0 Å². The number of allylic oxidation sites excluding steroid dienone is 6. The Bertz CT molecular complexity index is 1570. The van der Waals surface area contributed by atoms with E-state index in [4.69, 9.17) is 10.5 Å². The van der Waals surface area contributed by atoms with Crippen LogP contribution in [0.5, 0.6) is 0 Å². The van der Waals surface area contributed by atoms with Gasteiger partial charge in [0.1, 0.15) is 0 Å². The van der Waals surface area contributed by atoms with Crippen LogP contribution in [0.1, 0.15) is 99.1 Å². The molecule has 0 bridgehead atoms. The van der Waals surface area contributed by atoms with Crippen molar-refractivity contribution in [3.63, 3.8) is 0 Å². The van der Waals surface area contributed by atoms with Crippen LogP contribution in [0.25, 0.3) is 0 Å². The van der Waals surface area contributed by atoms with Crippen molar-refractivity contribution in [2.45, 2.75) is 111 Å². The topological polar surface area (TPSA) is 60.5 Å². The van der Waals surface area contributed by atoms with Crippen LogP contribution in [0.15, 0.2) is 89.6 Å². The lowest BCUT2D eigenvalue weighted by molar-refractivity contribution is -0.438. The zero-order valence-electron chi connectivity index (χ0n) is 33.1. The minimum absolute atomic E-state index is 0.0901. The van der Waals surface area contributed by atoms with E-state index in [0.29, 0.717) is 31.8 Å². The van der Waals surface area contributed by atoms with Crippen LogP contribution in [0, 0.1) is 0 Å². The first-order valence-corrected chi connectivity index (χ1v) is 19.7. The normalized spacial score (nSPS) is 18.5. The van der Waals surface area contributed by atoms with Crippen LogP contribution in [0.3, 0.4) is 0 Å². The maximum absolute atomic E-state index is 6.98. The monoisotopic (exact) mass is 703 g/mol. The van der Waals surface area contributed by atoms with E-state index in [1.165, 1.54) is 33.9 Å². The van der Waals surface area contributed by atoms with Gasteiger partial charge in [0, 0.05) is 72.7 Å². The van der Waals surface area contributed by atoms with Crippen molar-refractivity contribution < 1.29 is 18.7 Å². The molecule has 0 spiro atoms. The predicted molar refractivity (Wildman–Crippen MR) is 213 cm³/mol. The summed E-state index contributed by atoms with van der Waals surface area (Å²) in [7, 11) is -1.26. The summed E-state index contributed by atoms with van der Waals surface area (Å²) in [6, 6.07) is 18.2. The number of anilines is 1. The lowest BCUT2D eigenvalue weighted by atomic mass is 9.81. The Morgan fingerprint density at radius 3 is 2.36 bits per heavy atom. The van der Waals surface area contributed by atoms with Crippen LogP contribution in [-0.4, -0.2) is 72.8 Å². The Labute approximate surface area is 305 Å². The zero-order chi connectivity index (χ0) is 37.0. The van der Waals surface area contributed by atoms with Crippen molar-refractivity contribution in [1.82, 2.24) is 4.67 Å². The molecule has 7 nitrogen and oxygen atoms in total. The number of aliphatic imine (C=N–C) groups is 1. The Hall–Kier alpha value is -3.09. The summed E-state index contributed by atoms with van der Waals surface area (Å²) < 4.78 is 24.3. The van der Waals surface area contributed by atoms with Crippen molar-refractivity contribution in [3.05, 3.63) is 95.7 Å². The molecule has 272 valence electrons. The molecule has 50 heavy (non-hydrogen) atoms. The van der Waals surface area contributed by atoms with Gasteiger partial charge in [0.05, 0.1) is 12.0 Å². The average molecular weight is 704 g/mol. The molecule has 1 unspecified atom stereocenters. The van der Waals surface area contributed by atoms with Gasteiger partial charge < -0.3 is 19.1 Å². The van der Waals surface area contributed by atoms with Crippen molar-refractivity contribution in [2.24, 2.45) is 4.99 Å². The quantitative estimate of drug-likeness (QED) is 0.0372. The lowest BCUT2D eigenvalue weighted by Gasteiger charge is -2.34. The molecule has 2 aliphatic rings. The van der Waals surface area contributed by atoms with E-state index >= 15 is 0 Å². The summed E-state index contributed by atoms with van der Waals surface area (Å²) in [5, 5.41) is 4.53. The molecule has 2 heterocycles. The maximum atomic E-state index is 6.98. The number of nitrogens with zero attached hydrogens (tertiary/aromatic N) is 4. The van der Waals surface area contributed by atoms with Gasteiger partial charge in [0.25, 0.3) is 0 Å². The smallest absolute Gasteiger partial charge is 0.322 e. The number of hydrogen-bond donors (Lipinski definition) is 1. The summed E-state index contributed by atoms with van der Waals surface area (Å²) in [4.78, 5) is 6.76. The molecule has 0 fully saturated rings. The molecule has 4 rings (SSSR count). The SMILES string of the molecule is [3H]OCCCCCN1C(=CC=CC=CC2=[N+](CCCOP(OC=NCC)N(C(C)C)C(C)C)c3ccccc3C2(C)C)C(C)(C)c2ccccc21. The number of fused-ring (bicyclic) bond motifs is 2. The Morgan fingerprint density at radius 2 is 1.64 bits per heavy atom. The molecular formula is C42H62N4O3P+. The van der Waals surface area contributed by atoms with Gasteiger partial charge >= 0.3 is 8.53 Å². The van der Waals surface area contributed by atoms with Crippen LogP contribution in [0.2, 0.25) is 0 Å². The summed E-state index contributed by atoms with van der Waals surface area (Å²) in [5.41, 5.74) is 7.65. The van der Waals surface area contributed by atoms with Gasteiger partial charge in [-0.15, -0.1) is 0 Å². The fourth-order valence-corrected chi connectivity index (χ4v) is 8.80. The van der Waals surface area contributed by atoms with E-state index in [1.54, 1.807) is 6.40 Å². The first-order valence-electron chi connectivity index (χ1n) is 19.0. The first kappa shape index (κ1) is 38.1. The number of para-hydroxylation sites is 2.